The van der Waals surface area contributed by atoms with Crippen LogP contribution in [0, 0.1) is 5.41 Å². The van der Waals surface area contributed by atoms with E-state index in [1.807, 2.05) is 62.3 Å². The van der Waals surface area contributed by atoms with Crippen molar-refractivity contribution in [3.63, 3.8) is 0 Å². The molecule has 0 saturated carbocycles. The van der Waals surface area contributed by atoms with Crippen LogP contribution < -0.4 is 0 Å². The fourth-order valence-electron chi connectivity index (χ4n) is 5.77. The molecule has 0 aromatic heterocycles. The Kier molecular flexibility index (Phi) is 38.8. The van der Waals surface area contributed by atoms with Crippen molar-refractivity contribution in [1.82, 2.24) is 0 Å². The van der Waals surface area contributed by atoms with E-state index in [4.69, 9.17) is 27.7 Å². The van der Waals surface area contributed by atoms with Gasteiger partial charge in [0.2, 0.25) is 0 Å². The van der Waals surface area contributed by atoms with E-state index in [-0.39, 0.29) is 63.9 Å². The standard InChI is InChI=1S/C5H11.3C4H9O.C4H9.3C3H7O.2C3H7.3C2H5O.3CH2O2.4Sn/c1-5(2,3)4;3*1-4(2,3)5;1-3-4-2;3*1-3(2)4;2*1-3-2;3*1-2-3;3*2-1-3;;;;/h1H2,2-4H3;3*1-3H3;1,3-4H2,2H3;3*3H,1-2H3;2*3H,1-2H3;3*2H2,1H3;3*1H,(H,2,3);;;;/q;3*-1;;3*-1;;;3*-1;;;;4*+3/p-3. The van der Waals surface area contributed by atoms with E-state index in [0.717, 1.165) is 21.7 Å². The van der Waals surface area contributed by atoms with E-state index >= 15 is 0 Å². The van der Waals surface area contributed by atoms with Crippen molar-refractivity contribution in [3.8, 4) is 0 Å². The van der Waals surface area contributed by atoms with Crippen molar-refractivity contribution in [2.24, 2.45) is 5.41 Å². The van der Waals surface area contributed by atoms with Gasteiger partial charge in [0.05, 0.1) is 0 Å². The van der Waals surface area contributed by atoms with Gasteiger partial charge < -0.3 is 0 Å². The Morgan fingerprint density at radius 1 is 0.438 bits per heavy atom. The summed E-state index contributed by atoms with van der Waals surface area (Å²) < 4.78 is 70.9. The maximum atomic E-state index is 10.1. The molecule has 0 atom stereocenters. The van der Waals surface area contributed by atoms with Crippen LogP contribution in [0.15, 0.2) is 0 Å². The molecule has 0 heterocycles. The summed E-state index contributed by atoms with van der Waals surface area (Å²) in [5.41, 5.74) is -0.503. The van der Waals surface area contributed by atoms with E-state index in [2.05, 4.69) is 113 Å². The third kappa shape index (κ3) is 37.1. The number of carbonyl (C=O) groups is 3. The Labute approximate surface area is 415 Å². The molecule has 0 radical (unpaired) electrons. The minimum atomic E-state index is -4.26. The first kappa shape index (κ1) is 71.8. The third-order valence-corrected chi connectivity index (χ3v) is 47.0. The van der Waals surface area contributed by atoms with Crippen LogP contribution >= 0.6 is 0 Å². The summed E-state index contributed by atoms with van der Waals surface area (Å²) in [6, 6.07) is 0. The molecular weight excluding hydrogens is 1260 g/mol. The number of rotatable bonds is 27. The Morgan fingerprint density at radius 2 is 0.719 bits per heavy atom. The first-order valence-corrected chi connectivity index (χ1v) is 44.6. The van der Waals surface area contributed by atoms with Gasteiger partial charge in [-0.15, -0.1) is 0 Å². The number of carbonyl (C=O) groups excluding carboxylic acids is 3. The van der Waals surface area contributed by atoms with Crippen molar-refractivity contribution in [2.45, 2.75) is 245 Å². The summed E-state index contributed by atoms with van der Waals surface area (Å²) in [6.07, 6.45) is 2.72. The van der Waals surface area contributed by atoms with Gasteiger partial charge >= 0.3 is 419 Å². The molecule has 386 valence electrons. The minimum absolute atomic E-state index is 0.128. The summed E-state index contributed by atoms with van der Waals surface area (Å²) in [7, 11) is 0. The molecule has 0 aromatic carbocycles. The predicted molar refractivity (Wildman–Crippen MR) is 265 cm³/mol. The summed E-state index contributed by atoms with van der Waals surface area (Å²) in [6.45, 7) is 55.9. The predicted octanol–water partition coefficient (Wildman–Crippen LogP) is 11.7. The van der Waals surface area contributed by atoms with E-state index in [9.17, 15) is 14.4 Å². The van der Waals surface area contributed by atoms with E-state index in [1.54, 1.807) is 13.8 Å². The molecule has 0 unspecified atom stereocenters. The second kappa shape index (κ2) is 34.5. The first-order chi connectivity index (χ1) is 28.9. The molecule has 0 aliphatic carbocycles. The fourth-order valence-corrected chi connectivity index (χ4v) is 38.7. The van der Waals surface area contributed by atoms with Crippen molar-refractivity contribution >= 4 is 97.9 Å². The Morgan fingerprint density at radius 3 is 0.891 bits per heavy atom. The average Bonchev–Trinajstić information content (AvgIpc) is 3.04. The second-order valence-corrected chi connectivity index (χ2v) is 52.8. The van der Waals surface area contributed by atoms with Crippen molar-refractivity contribution in [3.05, 3.63) is 0 Å². The molecule has 0 rings (SSSR count). The zero-order chi connectivity index (χ0) is 51.4. The maximum absolute atomic E-state index is 10.1. The number of hydrogen-bond donors (Lipinski definition) is 0. The second-order valence-electron chi connectivity index (χ2n) is 20.8. The van der Waals surface area contributed by atoms with Crippen molar-refractivity contribution in [1.29, 1.82) is 0 Å². The van der Waals surface area contributed by atoms with Crippen LogP contribution in [0.2, 0.25) is 16.7 Å². The van der Waals surface area contributed by atoms with Crippen LogP contribution in [0.25, 0.3) is 0 Å². The number of unbranched alkanes of at least 4 members (excludes halogenated alkanes) is 1. The monoisotopic (exact) mass is 1360 g/mol. The van der Waals surface area contributed by atoms with Crippen LogP contribution in [0.5, 0.6) is 0 Å². The number of hydrogen-bond acceptors (Lipinski definition) is 15. The Hall–Kier alpha value is 1.24. The van der Waals surface area contributed by atoms with Gasteiger partial charge in [-0.2, -0.15) is 0 Å². The van der Waals surface area contributed by atoms with Gasteiger partial charge in [0.15, 0.2) is 0 Å². The summed E-state index contributed by atoms with van der Waals surface area (Å²) in [5.74, 6) is 0. The zero-order valence-electron chi connectivity index (χ0n) is 45.7. The molecule has 15 nitrogen and oxygen atoms in total. The molecule has 64 heavy (non-hydrogen) atoms. The molecule has 0 amide bonds. The van der Waals surface area contributed by atoms with Crippen LogP contribution in [-0.2, 0) is 51.3 Å². The molecule has 0 saturated heterocycles. The van der Waals surface area contributed by atoms with Crippen LogP contribution in [-0.4, -0.2) is 153 Å². The van der Waals surface area contributed by atoms with Gasteiger partial charge in [-0.1, -0.05) is 0 Å². The topological polar surface area (TPSA) is 162 Å². The molecule has 0 N–H and O–H groups in total. The van der Waals surface area contributed by atoms with Crippen molar-refractivity contribution in [2.75, 3.05) is 19.8 Å². The van der Waals surface area contributed by atoms with Gasteiger partial charge in [0.25, 0.3) is 0 Å². The van der Waals surface area contributed by atoms with Crippen LogP contribution in [0.4, 0.5) is 0 Å². The van der Waals surface area contributed by atoms with E-state index < -0.39 is 78.5 Å². The third-order valence-electron chi connectivity index (χ3n) is 7.31. The molecule has 0 aliphatic heterocycles. The molecule has 0 fully saturated rings. The fraction of sp³-hybridized carbons (Fsp3) is 0.933. The molecule has 0 aromatic rings. The van der Waals surface area contributed by atoms with E-state index in [0.29, 0.717) is 23.8 Å². The molecule has 0 bridgehead atoms. The van der Waals surface area contributed by atoms with Gasteiger partial charge in [0.1, 0.15) is 0 Å². The summed E-state index contributed by atoms with van der Waals surface area (Å²) in [5, 5.41) is 0. The van der Waals surface area contributed by atoms with Gasteiger partial charge in [-0.05, 0) is 0 Å². The Balaban J connectivity index is -0.000000380. The molecule has 0 spiro atoms. The molecule has 0 aliphatic rings. The zero-order valence-corrected chi connectivity index (χ0v) is 57.1. The van der Waals surface area contributed by atoms with Gasteiger partial charge in [-0.3, -0.25) is 0 Å². The Bertz CT molecular complexity index is 1080. The van der Waals surface area contributed by atoms with Gasteiger partial charge in [0, 0.05) is 0 Å². The first-order valence-electron chi connectivity index (χ1n) is 23.3. The van der Waals surface area contributed by atoms with Gasteiger partial charge in [-0.25, -0.2) is 0 Å². The SMILES string of the molecule is CC(C)[O][Sn]([O]C(C)C)([O]C(C)C)[CH](C)C.CCC[CH2][Sn]([O]C(C)(C)C)([O]C(C)(C)C)[O]C(C)(C)C.CC[O][Sn]([CH2]C(C)(C)C)([O]CC)[O]CC.C[CH](C)[Sn]([O]C=O)([O]C=O)[O]C=O. The average molecular weight is 1360 g/mol. The van der Waals surface area contributed by atoms with Crippen LogP contribution in [0.3, 0.4) is 0 Å². The van der Waals surface area contributed by atoms with E-state index in [1.165, 1.54) is 0 Å². The molecule has 19 heteroatoms. The summed E-state index contributed by atoms with van der Waals surface area (Å²) in [4.78, 5) is 30.3. The molecular formula is C45H100O15Sn4. The quantitative estimate of drug-likeness (QED) is 0.0564. The van der Waals surface area contributed by atoms with Crippen molar-refractivity contribution < 1.29 is 51.3 Å². The normalized spacial score (nSPS) is 13.2. The van der Waals surface area contributed by atoms with Crippen LogP contribution in [0.1, 0.15) is 193 Å². The summed E-state index contributed by atoms with van der Waals surface area (Å²) >= 11 is -14.5.